The Morgan fingerprint density at radius 3 is 2.94 bits per heavy atom. The van der Waals surface area contributed by atoms with Crippen LogP contribution in [-0.4, -0.2) is 9.91 Å². The molecule has 0 saturated heterocycles. The number of aryl methyl sites for hydroxylation is 1. The first kappa shape index (κ1) is 13.0. The van der Waals surface area contributed by atoms with E-state index in [2.05, 4.69) is 26.2 Å². The van der Waals surface area contributed by atoms with Crippen LogP contribution in [0.3, 0.4) is 0 Å². The first-order valence-corrected chi connectivity index (χ1v) is 6.76. The van der Waals surface area contributed by atoms with Gasteiger partial charge in [0.25, 0.3) is 0 Å². The fraction of sp³-hybridized carbons (Fsp3) is 0.182. The van der Waals surface area contributed by atoms with E-state index in [1.807, 2.05) is 13.0 Å². The molecule has 0 atom stereocenters. The Balaban J connectivity index is 2.02. The van der Waals surface area contributed by atoms with Crippen molar-refractivity contribution in [1.82, 2.24) is 4.98 Å². The van der Waals surface area contributed by atoms with Crippen LogP contribution in [0.4, 0.5) is 10.7 Å². The molecule has 2 rings (SSSR count). The minimum atomic E-state index is -0.375. The van der Waals surface area contributed by atoms with Gasteiger partial charge in [0.1, 0.15) is 4.60 Å². The molecule has 2 heterocycles. The lowest BCUT2D eigenvalue weighted by Gasteiger charge is -2.05. The Morgan fingerprint density at radius 2 is 2.33 bits per heavy atom. The van der Waals surface area contributed by atoms with Gasteiger partial charge in [-0.1, -0.05) is 11.3 Å². The Bertz CT molecular complexity index is 585. The smallest absolute Gasteiger partial charge is 0.324 e. The number of rotatable bonds is 4. The topological polar surface area (TPSA) is 68.1 Å². The van der Waals surface area contributed by atoms with Crippen LogP contribution in [-0.2, 0) is 6.54 Å². The average molecular weight is 328 g/mol. The third-order valence-electron chi connectivity index (χ3n) is 2.31. The number of hydrogen-bond donors (Lipinski definition) is 1. The highest BCUT2D eigenvalue weighted by Gasteiger charge is 2.09. The molecule has 0 spiro atoms. The van der Waals surface area contributed by atoms with Gasteiger partial charge in [-0.25, -0.2) is 4.98 Å². The van der Waals surface area contributed by atoms with Crippen LogP contribution in [0.1, 0.15) is 10.4 Å². The predicted octanol–water partition coefficient (Wildman–Crippen LogP) is 3.73. The predicted molar refractivity (Wildman–Crippen MR) is 75.0 cm³/mol. The van der Waals surface area contributed by atoms with Crippen molar-refractivity contribution in [2.24, 2.45) is 0 Å². The van der Waals surface area contributed by atoms with Crippen molar-refractivity contribution in [2.45, 2.75) is 13.5 Å². The van der Waals surface area contributed by atoms with Crippen molar-refractivity contribution in [1.29, 1.82) is 0 Å². The van der Waals surface area contributed by atoms with Gasteiger partial charge in [0.15, 0.2) is 0 Å². The molecule has 0 aliphatic carbocycles. The van der Waals surface area contributed by atoms with Crippen LogP contribution >= 0.6 is 27.3 Å². The van der Waals surface area contributed by atoms with Crippen molar-refractivity contribution in [3.05, 3.63) is 49.6 Å². The number of hydrogen-bond acceptors (Lipinski definition) is 5. The lowest BCUT2D eigenvalue weighted by Crippen LogP contribution is -1.98. The van der Waals surface area contributed by atoms with E-state index in [-0.39, 0.29) is 9.92 Å². The average Bonchev–Trinajstić information content (AvgIpc) is 2.79. The van der Waals surface area contributed by atoms with Gasteiger partial charge in [-0.05, 0) is 40.5 Å². The van der Waals surface area contributed by atoms with E-state index in [0.717, 1.165) is 20.7 Å². The lowest BCUT2D eigenvalue weighted by molar-refractivity contribution is -0.380. The van der Waals surface area contributed by atoms with Crippen molar-refractivity contribution >= 4 is 38.0 Å². The van der Waals surface area contributed by atoms with E-state index >= 15 is 0 Å². The molecule has 1 N–H and O–H groups in total. The monoisotopic (exact) mass is 327 g/mol. The normalized spacial score (nSPS) is 10.3. The zero-order chi connectivity index (χ0) is 13.1. The second-order valence-electron chi connectivity index (χ2n) is 3.68. The molecule has 18 heavy (non-hydrogen) atoms. The Morgan fingerprint density at radius 1 is 1.56 bits per heavy atom. The van der Waals surface area contributed by atoms with E-state index in [0.29, 0.717) is 6.54 Å². The maximum Gasteiger partial charge on any atom is 0.324 e. The number of pyridine rings is 1. The fourth-order valence-corrected chi connectivity index (χ4v) is 2.38. The molecule has 2 aromatic rings. The SMILES string of the molecule is Cc1cc(NCc2ccc([N+](=O)[O-])s2)cnc1Br. The zero-order valence-electron chi connectivity index (χ0n) is 9.51. The number of thiophene rings is 1. The molecule has 94 valence electrons. The standard InChI is InChI=1S/C11H10BrN3O2S/c1-7-4-8(5-14-11(7)12)13-6-9-2-3-10(18-9)15(16)17/h2-5,13H,6H2,1H3. The van der Waals surface area contributed by atoms with E-state index in [1.165, 1.54) is 17.4 Å². The molecular weight excluding hydrogens is 318 g/mol. The van der Waals surface area contributed by atoms with Crippen LogP contribution in [0.5, 0.6) is 0 Å². The van der Waals surface area contributed by atoms with Gasteiger partial charge in [0.2, 0.25) is 0 Å². The van der Waals surface area contributed by atoms with Gasteiger partial charge < -0.3 is 5.32 Å². The summed E-state index contributed by atoms with van der Waals surface area (Å²) in [6, 6.07) is 5.25. The molecule has 0 radical (unpaired) electrons. The van der Waals surface area contributed by atoms with Crippen molar-refractivity contribution in [2.75, 3.05) is 5.32 Å². The fourth-order valence-electron chi connectivity index (χ4n) is 1.40. The van der Waals surface area contributed by atoms with Crippen molar-refractivity contribution in [3.63, 3.8) is 0 Å². The summed E-state index contributed by atoms with van der Waals surface area (Å²) in [4.78, 5) is 15.3. The van der Waals surface area contributed by atoms with Gasteiger partial charge in [0, 0.05) is 17.5 Å². The molecule has 0 saturated carbocycles. The number of anilines is 1. The molecule has 0 aromatic carbocycles. The minimum absolute atomic E-state index is 0.164. The highest BCUT2D eigenvalue weighted by molar-refractivity contribution is 9.10. The molecule has 7 heteroatoms. The highest BCUT2D eigenvalue weighted by Crippen LogP contribution is 2.25. The van der Waals surface area contributed by atoms with Crippen molar-refractivity contribution < 1.29 is 4.92 Å². The van der Waals surface area contributed by atoms with Crippen LogP contribution in [0.15, 0.2) is 29.0 Å². The molecule has 0 fully saturated rings. The summed E-state index contributed by atoms with van der Waals surface area (Å²) in [5.41, 5.74) is 1.93. The molecule has 0 amide bonds. The third kappa shape index (κ3) is 3.05. The number of halogens is 1. The van der Waals surface area contributed by atoms with Crippen LogP contribution < -0.4 is 5.32 Å². The molecule has 0 unspecified atom stereocenters. The van der Waals surface area contributed by atoms with Gasteiger partial charge in [-0.3, -0.25) is 10.1 Å². The molecule has 2 aromatic heterocycles. The van der Waals surface area contributed by atoms with E-state index in [4.69, 9.17) is 0 Å². The summed E-state index contributed by atoms with van der Waals surface area (Å²) in [5.74, 6) is 0. The molecular formula is C11H10BrN3O2S. The van der Waals surface area contributed by atoms with Gasteiger partial charge >= 0.3 is 5.00 Å². The van der Waals surface area contributed by atoms with Gasteiger partial charge in [-0.15, -0.1) is 0 Å². The molecule has 0 aliphatic rings. The molecule has 0 bridgehead atoms. The summed E-state index contributed by atoms with van der Waals surface area (Å²) in [5, 5.41) is 13.9. The number of nitrogens with one attached hydrogen (secondary N) is 1. The largest absolute Gasteiger partial charge is 0.379 e. The minimum Gasteiger partial charge on any atom is -0.379 e. The van der Waals surface area contributed by atoms with E-state index in [9.17, 15) is 10.1 Å². The summed E-state index contributed by atoms with van der Waals surface area (Å²) >= 11 is 4.51. The Labute approximate surface area is 116 Å². The quantitative estimate of drug-likeness (QED) is 0.527. The second kappa shape index (κ2) is 5.45. The Kier molecular flexibility index (Phi) is 3.93. The first-order chi connectivity index (χ1) is 8.56. The lowest BCUT2D eigenvalue weighted by atomic mass is 10.3. The second-order valence-corrected chi connectivity index (χ2v) is 5.58. The van der Waals surface area contributed by atoms with Crippen LogP contribution in [0.2, 0.25) is 0 Å². The summed E-state index contributed by atoms with van der Waals surface area (Å²) in [6.45, 7) is 2.51. The maximum absolute atomic E-state index is 10.6. The molecule has 5 nitrogen and oxygen atoms in total. The first-order valence-electron chi connectivity index (χ1n) is 5.15. The van der Waals surface area contributed by atoms with E-state index in [1.54, 1.807) is 12.3 Å². The third-order valence-corrected chi connectivity index (χ3v) is 4.18. The zero-order valence-corrected chi connectivity index (χ0v) is 11.9. The van der Waals surface area contributed by atoms with Gasteiger partial charge in [0.05, 0.1) is 16.8 Å². The maximum atomic E-state index is 10.6. The Hall–Kier alpha value is -1.47. The summed E-state index contributed by atoms with van der Waals surface area (Å²) < 4.78 is 0.819. The number of nitro groups is 1. The van der Waals surface area contributed by atoms with E-state index < -0.39 is 0 Å². The highest BCUT2D eigenvalue weighted by atomic mass is 79.9. The van der Waals surface area contributed by atoms with Crippen molar-refractivity contribution in [3.8, 4) is 0 Å². The summed E-state index contributed by atoms with van der Waals surface area (Å²) in [6.07, 6.45) is 1.72. The van der Waals surface area contributed by atoms with Gasteiger partial charge in [-0.2, -0.15) is 0 Å². The molecule has 0 aliphatic heterocycles. The number of nitrogens with zero attached hydrogens (tertiary/aromatic N) is 2. The summed E-state index contributed by atoms with van der Waals surface area (Å²) in [7, 11) is 0. The number of aromatic nitrogens is 1. The van der Waals surface area contributed by atoms with Crippen LogP contribution in [0, 0.1) is 17.0 Å². The van der Waals surface area contributed by atoms with Crippen LogP contribution in [0.25, 0.3) is 0 Å².